The predicted molar refractivity (Wildman–Crippen MR) is 110 cm³/mol. The first-order valence-electron chi connectivity index (χ1n) is 10.0. The Labute approximate surface area is 163 Å². The maximum atomic E-state index is 5.68. The number of hydrogen-bond acceptors (Lipinski definition) is 4. The zero-order chi connectivity index (χ0) is 19.3. The van der Waals surface area contributed by atoms with Crippen molar-refractivity contribution in [2.24, 2.45) is 4.99 Å². The summed E-state index contributed by atoms with van der Waals surface area (Å²) in [5.74, 6) is 2.22. The van der Waals surface area contributed by atoms with Crippen molar-refractivity contribution in [2.75, 3.05) is 47.1 Å². The minimum atomic E-state index is 0.306. The summed E-state index contributed by atoms with van der Waals surface area (Å²) < 4.78 is 16.4. The Hall–Kier alpha value is -1.79. The highest BCUT2D eigenvalue weighted by Crippen LogP contribution is 2.21. The van der Waals surface area contributed by atoms with Crippen LogP contribution in [0.2, 0.25) is 0 Å². The average Bonchev–Trinajstić information content (AvgIpc) is 3.22. The molecule has 1 aromatic carbocycles. The minimum Gasteiger partial charge on any atom is -0.497 e. The highest BCUT2D eigenvalue weighted by Gasteiger charge is 2.14. The van der Waals surface area contributed by atoms with Gasteiger partial charge in [-0.15, -0.1) is 0 Å². The Morgan fingerprint density at radius 1 is 1.26 bits per heavy atom. The van der Waals surface area contributed by atoms with Crippen LogP contribution in [0.3, 0.4) is 0 Å². The van der Waals surface area contributed by atoms with Crippen LogP contribution in [-0.4, -0.2) is 59.1 Å². The van der Waals surface area contributed by atoms with Crippen molar-refractivity contribution in [1.82, 2.24) is 10.6 Å². The molecule has 2 unspecified atom stereocenters. The van der Waals surface area contributed by atoms with E-state index in [0.29, 0.717) is 12.0 Å². The van der Waals surface area contributed by atoms with Gasteiger partial charge in [-0.05, 0) is 49.3 Å². The monoisotopic (exact) mass is 377 g/mol. The van der Waals surface area contributed by atoms with Crippen molar-refractivity contribution < 1.29 is 14.2 Å². The molecule has 0 amide bonds. The lowest BCUT2D eigenvalue weighted by atomic mass is 9.98. The molecular weight excluding hydrogens is 342 g/mol. The van der Waals surface area contributed by atoms with E-state index in [2.05, 4.69) is 34.7 Å². The lowest BCUT2D eigenvalue weighted by Gasteiger charge is -2.16. The molecule has 1 fully saturated rings. The van der Waals surface area contributed by atoms with Gasteiger partial charge in [-0.3, -0.25) is 4.99 Å². The van der Waals surface area contributed by atoms with Crippen molar-refractivity contribution in [1.29, 1.82) is 0 Å². The van der Waals surface area contributed by atoms with Crippen LogP contribution >= 0.6 is 0 Å². The molecule has 1 aliphatic heterocycles. The molecule has 0 saturated carbocycles. The van der Waals surface area contributed by atoms with Gasteiger partial charge in [-0.1, -0.05) is 19.1 Å². The number of nitrogens with zero attached hydrogens (tertiary/aromatic N) is 1. The van der Waals surface area contributed by atoms with Crippen LogP contribution in [-0.2, 0) is 9.47 Å². The summed E-state index contributed by atoms with van der Waals surface area (Å²) in [6.07, 6.45) is 4.59. The predicted octanol–water partition coefficient (Wildman–Crippen LogP) is 2.94. The third-order valence-electron chi connectivity index (χ3n) is 4.86. The molecule has 0 aliphatic carbocycles. The molecule has 1 aromatic rings. The molecule has 6 nitrogen and oxygen atoms in total. The molecule has 2 atom stereocenters. The first-order valence-corrected chi connectivity index (χ1v) is 10.0. The van der Waals surface area contributed by atoms with E-state index in [-0.39, 0.29) is 0 Å². The molecule has 2 rings (SSSR count). The Balaban J connectivity index is 1.53. The molecule has 6 heteroatoms. The van der Waals surface area contributed by atoms with Crippen LogP contribution in [0.25, 0.3) is 0 Å². The second kappa shape index (κ2) is 12.6. The normalized spacial score (nSPS) is 18.3. The molecule has 1 heterocycles. The number of rotatable bonds is 11. The number of nitrogens with one attached hydrogen (secondary N) is 2. The second-order valence-electron chi connectivity index (χ2n) is 6.95. The average molecular weight is 378 g/mol. The Kier molecular flexibility index (Phi) is 10.0. The van der Waals surface area contributed by atoms with Gasteiger partial charge < -0.3 is 24.8 Å². The highest BCUT2D eigenvalue weighted by molar-refractivity contribution is 5.79. The van der Waals surface area contributed by atoms with Crippen LogP contribution in [0.1, 0.15) is 44.1 Å². The van der Waals surface area contributed by atoms with E-state index in [1.807, 2.05) is 12.1 Å². The van der Waals surface area contributed by atoms with Gasteiger partial charge in [0.25, 0.3) is 0 Å². The Morgan fingerprint density at radius 3 is 2.70 bits per heavy atom. The first kappa shape index (κ1) is 21.5. The van der Waals surface area contributed by atoms with Crippen molar-refractivity contribution in [3.8, 4) is 5.75 Å². The third kappa shape index (κ3) is 8.18. The first-order chi connectivity index (χ1) is 13.2. The van der Waals surface area contributed by atoms with E-state index in [0.717, 1.165) is 70.3 Å². The zero-order valence-corrected chi connectivity index (χ0v) is 17.0. The summed E-state index contributed by atoms with van der Waals surface area (Å²) in [6.45, 7) is 6.32. The summed E-state index contributed by atoms with van der Waals surface area (Å²) in [5, 5.41) is 6.72. The highest BCUT2D eigenvalue weighted by atomic mass is 16.5. The van der Waals surface area contributed by atoms with Crippen molar-refractivity contribution >= 4 is 5.96 Å². The summed E-state index contributed by atoms with van der Waals surface area (Å²) in [4.78, 5) is 4.28. The van der Waals surface area contributed by atoms with E-state index in [1.54, 1.807) is 14.2 Å². The number of guanidine groups is 1. The smallest absolute Gasteiger partial charge is 0.190 e. The fourth-order valence-electron chi connectivity index (χ4n) is 3.10. The van der Waals surface area contributed by atoms with Crippen LogP contribution in [0.4, 0.5) is 0 Å². The lowest BCUT2D eigenvalue weighted by molar-refractivity contribution is 0.0168. The van der Waals surface area contributed by atoms with Gasteiger partial charge in [0.15, 0.2) is 5.96 Å². The topological polar surface area (TPSA) is 64.1 Å². The molecule has 0 aromatic heterocycles. The molecule has 0 spiro atoms. The molecule has 1 saturated heterocycles. The van der Waals surface area contributed by atoms with Crippen molar-refractivity contribution in [2.45, 2.75) is 44.6 Å². The van der Waals surface area contributed by atoms with Crippen LogP contribution < -0.4 is 15.4 Å². The molecule has 1 aliphatic rings. The van der Waals surface area contributed by atoms with E-state index < -0.39 is 0 Å². The van der Waals surface area contributed by atoms with E-state index in [9.17, 15) is 0 Å². The second-order valence-corrected chi connectivity index (χ2v) is 6.95. The fraction of sp³-hybridized carbons (Fsp3) is 0.667. The molecule has 27 heavy (non-hydrogen) atoms. The van der Waals surface area contributed by atoms with E-state index in [1.165, 1.54) is 5.56 Å². The summed E-state index contributed by atoms with van der Waals surface area (Å²) in [5.41, 5.74) is 1.32. The number of benzene rings is 1. The van der Waals surface area contributed by atoms with Gasteiger partial charge in [0.2, 0.25) is 0 Å². The third-order valence-corrected chi connectivity index (χ3v) is 4.86. The fourth-order valence-corrected chi connectivity index (χ4v) is 3.10. The SMILES string of the molecule is CN=C(NCCCOCC1CCCO1)NCCC(C)c1ccc(OC)cc1. The Bertz CT molecular complexity index is 542. The quantitative estimate of drug-likeness (QED) is 0.353. The maximum absolute atomic E-state index is 5.68. The summed E-state index contributed by atoms with van der Waals surface area (Å²) >= 11 is 0. The van der Waals surface area contributed by atoms with Crippen LogP contribution in [0, 0.1) is 0 Å². The number of methoxy groups -OCH3 is 1. The minimum absolute atomic E-state index is 0.306. The molecule has 2 N–H and O–H groups in total. The standard InChI is InChI=1S/C21H35N3O3/c1-17(18-7-9-19(25-3)10-8-18)11-13-24-21(22-2)23-12-5-14-26-16-20-6-4-15-27-20/h7-10,17,20H,4-6,11-16H2,1-3H3,(H2,22,23,24). The molecule has 152 valence electrons. The van der Waals surface area contributed by atoms with Crippen molar-refractivity contribution in [3.05, 3.63) is 29.8 Å². The van der Waals surface area contributed by atoms with Gasteiger partial charge in [0.05, 0.1) is 19.8 Å². The van der Waals surface area contributed by atoms with Crippen molar-refractivity contribution in [3.63, 3.8) is 0 Å². The molecule has 0 radical (unpaired) electrons. The molecular formula is C21H35N3O3. The van der Waals surface area contributed by atoms with Gasteiger partial charge in [-0.2, -0.15) is 0 Å². The maximum Gasteiger partial charge on any atom is 0.190 e. The van der Waals surface area contributed by atoms with Gasteiger partial charge >= 0.3 is 0 Å². The largest absolute Gasteiger partial charge is 0.497 e. The van der Waals surface area contributed by atoms with Gasteiger partial charge in [0.1, 0.15) is 5.75 Å². The van der Waals surface area contributed by atoms with Crippen LogP contribution in [0.5, 0.6) is 5.75 Å². The molecule has 0 bridgehead atoms. The zero-order valence-electron chi connectivity index (χ0n) is 17.0. The number of aliphatic imine (C=N–C) groups is 1. The van der Waals surface area contributed by atoms with Gasteiger partial charge in [0, 0.05) is 33.4 Å². The summed E-state index contributed by atoms with van der Waals surface area (Å²) in [7, 11) is 3.49. The van der Waals surface area contributed by atoms with E-state index >= 15 is 0 Å². The lowest BCUT2D eigenvalue weighted by Crippen LogP contribution is -2.38. The summed E-state index contributed by atoms with van der Waals surface area (Å²) in [6, 6.07) is 8.29. The number of ether oxygens (including phenoxy) is 3. The van der Waals surface area contributed by atoms with Gasteiger partial charge in [-0.25, -0.2) is 0 Å². The Morgan fingerprint density at radius 2 is 2.04 bits per heavy atom. The van der Waals surface area contributed by atoms with E-state index in [4.69, 9.17) is 14.2 Å². The van der Waals surface area contributed by atoms with Crippen LogP contribution in [0.15, 0.2) is 29.3 Å². The number of hydrogen-bond donors (Lipinski definition) is 2.